The number of carbonyl (C=O) groups excluding carboxylic acids is 1. The molecular formula is C22H26ClN3O4S. The van der Waals surface area contributed by atoms with Crippen molar-refractivity contribution in [2.45, 2.75) is 13.0 Å². The standard InChI is InChI=1S/C22H26ClN3O4S/c1-17(22(27)24-20-16-19(23)8-9-21(20)30-2)25-11-13-26(14-12-25)31(28,29)15-10-18-6-4-3-5-7-18/h3-10,15-17H,11-14H2,1-2H3,(H,24,27). The van der Waals surface area contributed by atoms with E-state index in [1.807, 2.05) is 35.2 Å². The number of nitrogens with zero attached hydrogens (tertiary/aromatic N) is 2. The van der Waals surface area contributed by atoms with Gasteiger partial charge in [0.2, 0.25) is 15.9 Å². The van der Waals surface area contributed by atoms with E-state index >= 15 is 0 Å². The van der Waals surface area contributed by atoms with E-state index in [1.54, 1.807) is 31.2 Å². The van der Waals surface area contributed by atoms with Crippen LogP contribution in [0.2, 0.25) is 5.02 Å². The topological polar surface area (TPSA) is 79.0 Å². The molecule has 1 atom stereocenters. The predicted molar refractivity (Wildman–Crippen MR) is 124 cm³/mol. The summed E-state index contributed by atoms with van der Waals surface area (Å²) in [4.78, 5) is 14.7. The molecule has 3 rings (SSSR count). The van der Waals surface area contributed by atoms with Crippen LogP contribution in [-0.2, 0) is 14.8 Å². The number of halogens is 1. The molecule has 1 amide bonds. The van der Waals surface area contributed by atoms with Crippen molar-refractivity contribution in [3.05, 3.63) is 64.5 Å². The Bertz CT molecular complexity index is 1040. The molecular weight excluding hydrogens is 438 g/mol. The van der Waals surface area contributed by atoms with Gasteiger partial charge < -0.3 is 10.1 Å². The fraction of sp³-hybridized carbons (Fsp3) is 0.318. The first-order valence-corrected chi connectivity index (χ1v) is 11.8. The number of sulfonamides is 1. The zero-order chi connectivity index (χ0) is 22.4. The molecule has 31 heavy (non-hydrogen) atoms. The molecule has 1 heterocycles. The van der Waals surface area contributed by atoms with Crippen molar-refractivity contribution in [3.63, 3.8) is 0 Å². The highest BCUT2D eigenvalue weighted by Gasteiger charge is 2.30. The molecule has 0 saturated carbocycles. The minimum atomic E-state index is -3.52. The number of nitrogens with one attached hydrogen (secondary N) is 1. The van der Waals surface area contributed by atoms with Gasteiger partial charge in [0, 0.05) is 36.6 Å². The molecule has 0 bridgehead atoms. The SMILES string of the molecule is COc1ccc(Cl)cc1NC(=O)C(C)N1CCN(S(=O)(=O)C=Cc2ccccc2)CC1. The van der Waals surface area contributed by atoms with Gasteiger partial charge in [-0.25, -0.2) is 8.42 Å². The zero-order valence-electron chi connectivity index (χ0n) is 17.5. The van der Waals surface area contributed by atoms with Gasteiger partial charge in [0.25, 0.3) is 0 Å². The van der Waals surface area contributed by atoms with Gasteiger partial charge in [-0.2, -0.15) is 4.31 Å². The van der Waals surface area contributed by atoms with Crippen LogP contribution in [-0.4, -0.2) is 62.9 Å². The van der Waals surface area contributed by atoms with Gasteiger partial charge in [-0.05, 0) is 36.8 Å². The Hall–Kier alpha value is -2.39. The number of benzene rings is 2. The number of carbonyl (C=O) groups is 1. The van der Waals surface area contributed by atoms with Crippen molar-refractivity contribution >= 4 is 39.3 Å². The zero-order valence-corrected chi connectivity index (χ0v) is 19.1. The highest BCUT2D eigenvalue weighted by molar-refractivity contribution is 7.92. The molecule has 2 aromatic rings. The maximum atomic E-state index is 12.7. The van der Waals surface area contributed by atoms with Gasteiger partial charge in [0.05, 0.1) is 18.8 Å². The second kappa shape index (κ2) is 10.3. The Morgan fingerprint density at radius 1 is 1.13 bits per heavy atom. The van der Waals surface area contributed by atoms with E-state index in [0.717, 1.165) is 5.56 Å². The summed E-state index contributed by atoms with van der Waals surface area (Å²) in [5.41, 5.74) is 1.32. The fourth-order valence-corrected chi connectivity index (χ4v) is 4.69. The van der Waals surface area contributed by atoms with Gasteiger partial charge in [0.15, 0.2) is 0 Å². The molecule has 1 aliphatic heterocycles. The van der Waals surface area contributed by atoms with E-state index in [1.165, 1.54) is 16.8 Å². The molecule has 2 aromatic carbocycles. The lowest BCUT2D eigenvalue weighted by atomic mass is 10.2. The van der Waals surface area contributed by atoms with Gasteiger partial charge >= 0.3 is 0 Å². The molecule has 1 unspecified atom stereocenters. The lowest BCUT2D eigenvalue weighted by Gasteiger charge is -2.36. The van der Waals surface area contributed by atoms with Crippen LogP contribution < -0.4 is 10.1 Å². The van der Waals surface area contributed by atoms with E-state index in [0.29, 0.717) is 42.6 Å². The van der Waals surface area contributed by atoms with Crippen molar-refractivity contribution in [1.29, 1.82) is 0 Å². The summed E-state index contributed by atoms with van der Waals surface area (Å²) >= 11 is 6.02. The highest BCUT2D eigenvalue weighted by Crippen LogP contribution is 2.28. The van der Waals surface area contributed by atoms with Crippen molar-refractivity contribution in [1.82, 2.24) is 9.21 Å². The number of methoxy groups -OCH3 is 1. The molecule has 7 nitrogen and oxygen atoms in total. The lowest BCUT2D eigenvalue weighted by Crippen LogP contribution is -2.53. The average molecular weight is 464 g/mol. The minimum absolute atomic E-state index is 0.208. The maximum Gasteiger partial charge on any atom is 0.241 e. The first-order chi connectivity index (χ1) is 14.8. The quantitative estimate of drug-likeness (QED) is 0.681. The van der Waals surface area contributed by atoms with E-state index in [9.17, 15) is 13.2 Å². The second-order valence-corrected chi connectivity index (χ2v) is 9.46. The normalized spacial score (nSPS) is 16.9. The highest BCUT2D eigenvalue weighted by atomic mass is 35.5. The smallest absolute Gasteiger partial charge is 0.241 e. The van der Waals surface area contributed by atoms with Crippen LogP contribution >= 0.6 is 11.6 Å². The van der Waals surface area contributed by atoms with Crippen LogP contribution in [0.15, 0.2) is 53.9 Å². The Kier molecular flexibility index (Phi) is 7.72. The number of ether oxygens (including phenoxy) is 1. The molecule has 166 valence electrons. The number of amides is 1. The van der Waals surface area contributed by atoms with Crippen LogP contribution in [0.25, 0.3) is 6.08 Å². The number of piperazine rings is 1. The molecule has 1 saturated heterocycles. The maximum absolute atomic E-state index is 12.7. The van der Waals surface area contributed by atoms with E-state index < -0.39 is 16.1 Å². The molecule has 9 heteroatoms. The molecule has 1 N–H and O–H groups in total. The summed E-state index contributed by atoms with van der Waals surface area (Å²) in [5, 5.41) is 4.57. The van der Waals surface area contributed by atoms with E-state index in [2.05, 4.69) is 5.32 Å². The largest absolute Gasteiger partial charge is 0.495 e. The van der Waals surface area contributed by atoms with E-state index in [4.69, 9.17) is 16.3 Å². The third-order valence-corrected chi connectivity index (χ3v) is 7.01. The fourth-order valence-electron chi connectivity index (χ4n) is 3.34. The van der Waals surface area contributed by atoms with Crippen molar-refractivity contribution in [3.8, 4) is 5.75 Å². The number of anilines is 1. The summed E-state index contributed by atoms with van der Waals surface area (Å²) in [5.74, 6) is 0.312. The Labute approximate surface area is 188 Å². The lowest BCUT2D eigenvalue weighted by molar-refractivity contribution is -0.121. The third kappa shape index (κ3) is 6.07. The molecule has 1 fully saturated rings. The van der Waals surface area contributed by atoms with Gasteiger partial charge in [-0.1, -0.05) is 41.9 Å². The van der Waals surface area contributed by atoms with Gasteiger partial charge in [0.1, 0.15) is 5.75 Å². The number of hydrogen-bond acceptors (Lipinski definition) is 5. The second-order valence-electron chi connectivity index (χ2n) is 7.20. The summed E-state index contributed by atoms with van der Waals surface area (Å²) < 4.78 is 32.0. The van der Waals surface area contributed by atoms with Crippen LogP contribution in [0, 0.1) is 0 Å². The van der Waals surface area contributed by atoms with E-state index in [-0.39, 0.29) is 5.91 Å². The Morgan fingerprint density at radius 3 is 2.45 bits per heavy atom. The molecule has 1 aliphatic rings. The Morgan fingerprint density at radius 2 is 1.81 bits per heavy atom. The van der Waals surface area contributed by atoms with Crippen LogP contribution in [0.1, 0.15) is 12.5 Å². The number of rotatable bonds is 7. The summed E-state index contributed by atoms with van der Waals surface area (Å²) in [6, 6.07) is 13.9. The van der Waals surface area contributed by atoms with Crippen molar-refractivity contribution in [2.75, 3.05) is 38.6 Å². The molecule has 0 aliphatic carbocycles. The third-order valence-electron chi connectivity index (χ3n) is 5.21. The van der Waals surface area contributed by atoms with Crippen molar-refractivity contribution < 1.29 is 17.9 Å². The van der Waals surface area contributed by atoms with Crippen molar-refractivity contribution in [2.24, 2.45) is 0 Å². The summed E-state index contributed by atoms with van der Waals surface area (Å²) in [6.45, 7) is 3.35. The Balaban J connectivity index is 1.58. The van der Waals surface area contributed by atoms with Gasteiger partial charge in [-0.3, -0.25) is 9.69 Å². The first kappa shape index (κ1) is 23.3. The molecule has 0 aromatic heterocycles. The number of hydrogen-bond donors (Lipinski definition) is 1. The summed E-state index contributed by atoms with van der Waals surface area (Å²) in [7, 11) is -2.00. The minimum Gasteiger partial charge on any atom is -0.495 e. The monoisotopic (exact) mass is 463 g/mol. The summed E-state index contributed by atoms with van der Waals surface area (Å²) in [6.07, 6.45) is 1.59. The van der Waals surface area contributed by atoms with Crippen LogP contribution in [0.5, 0.6) is 5.75 Å². The molecule has 0 radical (unpaired) electrons. The average Bonchev–Trinajstić information content (AvgIpc) is 2.78. The predicted octanol–water partition coefficient (Wildman–Crippen LogP) is 3.29. The first-order valence-electron chi connectivity index (χ1n) is 9.92. The van der Waals surface area contributed by atoms with Gasteiger partial charge in [-0.15, -0.1) is 0 Å². The molecule has 0 spiro atoms. The van der Waals surface area contributed by atoms with Crippen LogP contribution in [0.4, 0.5) is 5.69 Å². The van der Waals surface area contributed by atoms with Crippen LogP contribution in [0.3, 0.4) is 0 Å².